The minimum Gasteiger partial charge on any atom is -0.348 e. The zero-order valence-electron chi connectivity index (χ0n) is 8.11. The average Bonchev–Trinajstić information content (AvgIpc) is 2.16. The minimum absolute atomic E-state index is 0.163. The largest absolute Gasteiger partial charge is 0.348 e. The molecule has 1 aliphatic rings. The highest BCUT2D eigenvalue weighted by Crippen LogP contribution is 2.17. The lowest BCUT2D eigenvalue weighted by atomic mass is 9.87. The molecule has 0 atom stereocenters. The Morgan fingerprint density at radius 2 is 2.27 bits per heavy atom. The Balaban J connectivity index is 1.93. The van der Waals surface area contributed by atoms with Crippen molar-refractivity contribution < 1.29 is 4.79 Å². The maximum atomic E-state index is 11.6. The number of pyridine rings is 1. The first-order valence-corrected chi connectivity index (χ1v) is 5.21. The SMILES string of the molecule is NC1CC(NC(=O)c2ccc(Cl)cn2)C1. The number of halogens is 1. The molecule has 0 saturated heterocycles. The van der Waals surface area contributed by atoms with Crippen LogP contribution in [0.1, 0.15) is 23.3 Å². The van der Waals surface area contributed by atoms with Crippen molar-refractivity contribution in [3.63, 3.8) is 0 Å². The van der Waals surface area contributed by atoms with Gasteiger partial charge in [-0.1, -0.05) is 11.6 Å². The van der Waals surface area contributed by atoms with Crippen LogP contribution in [0.15, 0.2) is 18.3 Å². The molecule has 5 heteroatoms. The van der Waals surface area contributed by atoms with E-state index < -0.39 is 0 Å². The monoisotopic (exact) mass is 225 g/mol. The van der Waals surface area contributed by atoms with Gasteiger partial charge in [-0.3, -0.25) is 4.79 Å². The molecule has 0 aromatic carbocycles. The van der Waals surface area contributed by atoms with E-state index >= 15 is 0 Å². The van der Waals surface area contributed by atoms with Crippen molar-refractivity contribution in [3.8, 4) is 0 Å². The van der Waals surface area contributed by atoms with E-state index in [0.717, 1.165) is 12.8 Å². The number of hydrogen-bond donors (Lipinski definition) is 2. The fraction of sp³-hybridized carbons (Fsp3) is 0.400. The Morgan fingerprint density at radius 1 is 1.53 bits per heavy atom. The van der Waals surface area contributed by atoms with Gasteiger partial charge in [0.05, 0.1) is 5.02 Å². The molecule has 0 radical (unpaired) electrons. The predicted molar refractivity (Wildman–Crippen MR) is 57.7 cm³/mol. The molecule has 2 rings (SSSR count). The Labute approximate surface area is 92.8 Å². The first kappa shape index (κ1) is 10.4. The molecule has 1 saturated carbocycles. The standard InChI is InChI=1S/C10H12ClN3O/c11-6-1-2-9(13-5-6)10(15)14-8-3-7(12)4-8/h1-2,5,7-8H,3-4,12H2,(H,14,15). The first-order chi connectivity index (χ1) is 7.15. The van der Waals surface area contributed by atoms with E-state index in [0.29, 0.717) is 10.7 Å². The summed E-state index contributed by atoms with van der Waals surface area (Å²) in [6.45, 7) is 0. The minimum atomic E-state index is -0.163. The van der Waals surface area contributed by atoms with Gasteiger partial charge in [0.15, 0.2) is 0 Å². The maximum Gasteiger partial charge on any atom is 0.270 e. The zero-order valence-corrected chi connectivity index (χ0v) is 8.87. The van der Waals surface area contributed by atoms with Gasteiger partial charge in [-0.05, 0) is 25.0 Å². The third-order valence-corrected chi connectivity index (χ3v) is 2.69. The van der Waals surface area contributed by atoms with Crippen LogP contribution in [0.25, 0.3) is 0 Å². The number of amides is 1. The Hall–Kier alpha value is -1.13. The van der Waals surface area contributed by atoms with Crippen LogP contribution >= 0.6 is 11.6 Å². The lowest BCUT2D eigenvalue weighted by Gasteiger charge is -2.32. The van der Waals surface area contributed by atoms with Crippen LogP contribution in [-0.4, -0.2) is 23.0 Å². The molecule has 15 heavy (non-hydrogen) atoms. The van der Waals surface area contributed by atoms with Crippen molar-refractivity contribution >= 4 is 17.5 Å². The molecule has 1 heterocycles. The maximum absolute atomic E-state index is 11.6. The third kappa shape index (κ3) is 2.46. The number of nitrogens with one attached hydrogen (secondary N) is 1. The average molecular weight is 226 g/mol. The summed E-state index contributed by atoms with van der Waals surface area (Å²) in [5.41, 5.74) is 6.01. The van der Waals surface area contributed by atoms with E-state index in [1.54, 1.807) is 12.1 Å². The van der Waals surface area contributed by atoms with Crippen LogP contribution in [0.4, 0.5) is 0 Å². The number of carbonyl (C=O) groups excluding carboxylic acids is 1. The molecule has 0 spiro atoms. The number of hydrogen-bond acceptors (Lipinski definition) is 3. The summed E-state index contributed by atoms with van der Waals surface area (Å²) >= 11 is 5.67. The molecule has 1 aromatic heterocycles. The van der Waals surface area contributed by atoms with Gasteiger partial charge in [0, 0.05) is 18.3 Å². The molecule has 1 aromatic rings. The van der Waals surface area contributed by atoms with Gasteiger partial charge >= 0.3 is 0 Å². The van der Waals surface area contributed by atoms with E-state index in [1.165, 1.54) is 6.20 Å². The Kier molecular flexibility index (Phi) is 2.88. The predicted octanol–water partition coefficient (Wildman–Crippen LogP) is 0.955. The van der Waals surface area contributed by atoms with E-state index in [-0.39, 0.29) is 18.0 Å². The van der Waals surface area contributed by atoms with Crippen molar-refractivity contribution in [1.82, 2.24) is 10.3 Å². The fourth-order valence-electron chi connectivity index (χ4n) is 1.55. The molecule has 1 aliphatic carbocycles. The topological polar surface area (TPSA) is 68.0 Å². The highest BCUT2D eigenvalue weighted by atomic mass is 35.5. The van der Waals surface area contributed by atoms with Crippen molar-refractivity contribution in [1.29, 1.82) is 0 Å². The summed E-state index contributed by atoms with van der Waals surface area (Å²) in [5, 5.41) is 3.38. The lowest BCUT2D eigenvalue weighted by Crippen LogP contribution is -2.50. The van der Waals surface area contributed by atoms with Crippen molar-refractivity contribution in [2.24, 2.45) is 5.73 Å². The zero-order chi connectivity index (χ0) is 10.8. The first-order valence-electron chi connectivity index (χ1n) is 4.83. The smallest absolute Gasteiger partial charge is 0.270 e. The third-order valence-electron chi connectivity index (χ3n) is 2.47. The van der Waals surface area contributed by atoms with Gasteiger partial charge in [-0.2, -0.15) is 0 Å². The van der Waals surface area contributed by atoms with Crippen molar-refractivity contribution in [2.45, 2.75) is 24.9 Å². The second-order valence-corrected chi connectivity index (χ2v) is 4.20. The Morgan fingerprint density at radius 3 is 2.80 bits per heavy atom. The van der Waals surface area contributed by atoms with Gasteiger partial charge in [0.25, 0.3) is 5.91 Å². The molecule has 80 valence electrons. The molecule has 1 fully saturated rings. The summed E-state index contributed by atoms with van der Waals surface area (Å²) in [4.78, 5) is 15.5. The quantitative estimate of drug-likeness (QED) is 0.788. The molecular weight excluding hydrogens is 214 g/mol. The molecule has 0 unspecified atom stereocenters. The summed E-state index contributed by atoms with van der Waals surface area (Å²) in [6.07, 6.45) is 3.15. The van der Waals surface area contributed by atoms with E-state index in [1.807, 2.05) is 0 Å². The molecule has 1 amide bonds. The number of nitrogens with two attached hydrogens (primary N) is 1. The number of rotatable bonds is 2. The normalized spacial score (nSPS) is 24.4. The molecular formula is C10H12ClN3O. The molecule has 0 bridgehead atoms. The number of carbonyl (C=O) groups is 1. The number of aromatic nitrogens is 1. The van der Waals surface area contributed by atoms with Crippen molar-refractivity contribution in [2.75, 3.05) is 0 Å². The number of nitrogens with zero attached hydrogens (tertiary/aromatic N) is 1. The van der Waals surface area contributed by atoms with Crippen LogP contribution in [0.5, 0.6) is 0 Å². The second kappa shape index (κ2) is 4.16. The fourth-order valence-corrected chi connectivity index (χ4v) is 1.66. The molecule has 4 nitrogen and oxygen atoms in total. The van der Waals surface area contributed by atoms with Gasteiger partial charge < -0.3 is 11.1 Å². The van der Waals surface area contributed by atoms with Crippen LogP contribution in [0, 0.1) is 0 Å². The summed E-state index contributed by atoms with van der Waals surface area (Å²) in [7, 11) is 0. The lowest BCUT2D eigenvalue weighted by molar-refractivity contribution is 0.0905. The van der Waals surface area contributed by atoms with Crippen LogP contribution in [-0.2, 0) is 0 Å². The highest BCUT2D eigenvalue weighted by molar-refractivity contribution is 6.30. The van der Waals surface area contributed by atoms with Crippen LogP contribution in [0.2, 0.25) is 5.02 Å². The Bertz CT molecular complexity index is 359. The summed E-state index contributed by atoms with van der Waals surface area (Å²) in [6, 6.07) is 3.69. The van der Waals surface area contributed by atoms with Gasteiger partial charge in [-0.15, -0.1) is 0 Å². The van der Waals surface area contributed by atoms with E-state index in [2.05, 4.69) is 10.3 Å². The van der Waals surface area contributed by atoms with Crippen LogP contribution < -0.4 is 11.1 Å². The summed E-state index contributed by atoms with van der Waals surface area (Å²) < 4.78 is 0. The highest BCUT2D eigenvalue weighted by Gasteiger charge is 2.27. The van der Waals surface area contributed by atoms with E-state index in [9.17, 15) is 4.79 Å². The molecule has 0 aliphatic heterocycles. The summed E-state index contributed by atoms with van der Waals surface area (Å²) in [5.74, 6) is -0.163. The molecule has 3 N–H and O–H groups in total. The van der Waals surface area contributed by atoms with Gasteiger partial charge in [-0.25, -0.2) is 4.98 Å². The van der Waals surface area contributed by atoms with Gasteiger partial charge in [0.2, 0.25) is 0 Å². The van der Waals surface area contributed by atoms with Gasteiger partial charge in [0.1, 0.15) is 5.69 Å². The van der Waals surface area contributed by atoms with Crippen LogP contribution in [0.3, 0.4) is 0 Å². The second-order valence-electron chi connectivity index (χ2n) is 3.76. The van der Waals surface area contributed by atoms with E-state index in [4.69, 9.17) is 17.3 Å². The van der Waals surface area contributed by atoms with Crippen molar-refractivity contribution in [3.05, 3.63) is 29.0 Å².